The minimum Gasteiger partial charge on any atom is -0.545 e. The maximum Gasteiger partial charge on any atom is 1.00 e. The van der Waals surface area contributed by atoms with Crippen molar-refractivity contribution in [2.75, 3.05) is 0 Å². The molecule has 0 radical (unpaired) electrons. The smallest absolute Gasteiger partial charge is 0.545 e. The Balaban J connectivity index is 0.00000144. The Morgan fingerprint density at radius 1 is 1.46 bits per heavy atom. The number of carbonyl (C=O) groups is 1. The monoisotopic (exact) mass is 202 g/mol. The Bertz CT molecular complexity index is 284. The molecule has 3 heteroatoms. The molecular formula is C10H11KO2. The summed E-state index contributed by atoms with van der Waals surface area (Å²) in [4.78, 5) is 10.4. The molecule has 0 heterocycles. The summed E-state index contributed by atoms with van der Waals surface area (Å²) in [6, 6.07) is 6.89. The Morgan fingerprint density at radius 3 is 2.69 bits per heavy atom. The first-order chi connectivity index (χ1) is 5.74. The van der Waals surface area contributed by atoms with Gasteiger partial charge in [0.05, 0.1) is 5.97 Å². The molecule has 1 rings (SSSR count). The van der Waals surface area contributed by atoms with Crippen molar-refractivity contribution in [3.63, 3.8) is 0 Å². The van der Waals surface area contributed by atoms with Crippen LogP contribution < -0.4 is 56.5 Å². The fourth-order valence-corrected chi connectivity index (χ4v) is 1.14. The van der Waals surface area contributed by atoms with Crippen LogP contribution in [0.2, 0.25) is 0 Å². The normalized spacial score (nSPS) is 9.00. The van der Waals surface area contributed by atoms with Crippen LogP contribution in [0.3, 0.4) is 0 Å². The van der Waals surface area contributed by atoms with E-state index in [0.717, 1.165) is 18.4 Å². The summed E-state index contributed by atoms with van der Waals surface area (Å²) < 4.78 is 0. The van der Waals surface area contributed by atoms with Crippen LogP contribution in [-0.4, -0.2) is 5.97 Å². The minimum atomic E-state index is -1.10. The first-order valence-corrected chi connectivity index (χ1v) is 4.04. The summed E-state index contributed by atoms with van der Waals surface area (Å²) >= 11 is 0. The van der Waals surface area contributed by atoms with Gasteiger partial charge in [-0.2, -0.15) is 0 Å². The molecule has 64 valence electrons. The van der Waals surface area contributed by atoms with Crippen molar-refractivity contribution in [3.8, 4) is 0 Å². The number of benzene rings is 1. The van der Waals surface area contributed by atoms with E-state index in [4.69, 9.17) is 0 Å². The summed E-state index contributed by atoms with van der Waals surface area (Å²) in [5.74, 6) is -1.10. The van der Waals surface area contributed by atoms with Crippen molar-refractivity contribution in [2.45, 2.75) is 19.8 Å². The fraction of sp³-hybridized carbons (Fsp3) is 0.300. The number of aromatic carboxylic acids is 1. The van der Waals surface area contributed by atoms with Gasteiger partial charge in [-0.1, -0.05) is 31.5 Å². The molecule has 1 aromatic carbocycles. The van der Waals surface area contributed by atoms with Crippen LogP contribution in [0.4, 0.5) is 0 Å². The predicted molar refractivity (Wildman–Crippen MR) is 44.8 cm³/mol. The number of rotatable bonds is 3. The van der Waals surface area contributed by atoms with Gasteiger partial charge in [-0.15, -0.1) is 0 Å². The van der Waals surface area contributed by atoms with E-state index in [2.05, 4.69) is 6.92 Å². The zero-order valence-electron chi connectivity index (χ0n) is 8.04. The molecule has 0 bridgehead atoms. The van der Waals surface area contributed by atoms with Gasteiger partial charge in [0.2, 0.25) is 0 Å². The van der Waals surface area contributed by atoms with Gasteiger partial charge in [-0.05, 0) is 23.6 Å². The van der Waals surface area contributed by atoms with E-state index in [9.17, 15) is 9.90 Å². The molecule has 0 aliphatic carbocycles. The zero-order chi connectivity index (χ0) is 8.97. The van der Waals surface area contributed by atoms with Crippen LogP contribution in [-0.2, 0) is 6.42 Å². The topological polar surface area (TPSA) is 40.1 Å². The average Bonchev–Trinajstić information content (AvgIpc) is 2.05. The van der Waals surface area contributed by atoms with Gasteiger partial charge in [0, 0.05) is 0 Å². The molecule has 0 fully saturated rings. The van der Waals surface area contributed by atoms with Crippen molar-refractivity contribution in [1.29, 1.82) is 0 Å². The molecule has 0 saturated heterocycles. The predicted octanol–water partition coefficient (Wildman–Crippen LogP) is -1.99. The van der Waals surface area contributed by atoms with Gasteiger partial charge >= 0.3 is 51.4 Å². The van der Waals surface area contributed by atoms with Gasteiger partial charge in [-0.25, -0.2) is 0 Å². The molecule has 0 amide bonds. The van der Waals surface area contributed by atoms with Gasteiger partial charge in [0.15, 0.2) is 0 Å². The quantitative estimate of drug-likeness (QED) is 0.532. The van der Waals surface area contributed by atoms with E-state index in [1.54, 1.807) is 18.2 Å². The summed E-state index contributed by atoms with van der Waals surface area (Å²) in [7, 11) is 0. The average molecular weight is 202 g/mol. The van der Waals surface area contributed by atoms with Crippen LogP contribution in [0.15, 0.2) is 24.3 Å². The van der Waals surface area contributed by atoms with Crippen LogP contribution in [0.1, 0.15) is 29.3 Å². The van der Waals surface area contributed by atoms with Crippen LogP contribution in [0.5, 0.6) is 0 Å². The van der Waals surface area contributed by atoms with E-state index < -0.39 is 5.97 Å². The van der Waals surface area contributed by atoms with Gasteiger partial charge in [0.25, 0.3) is 0 Å². The Hall–Kier alpha value is 0.326. The molecule has 0 saturated carbocycles. The van der Waals surface area contributed by atoms with Crippen molar-refractivity contribution in [1.82, 2.24) is 0 Å². The molecule has 0 aromatic heterocycles. The molecule has 0 spiro atoms. The fourth-order valence-electron chi connectivity index (χ4n) is 1.14. The SMILES string of the molecule is CCCc1cccc(C(=O)[O-])c1.[K+]. The van der Waals surface area contributed by atoms with E-state index in [1.807, 2.05) is 6.07 Å². The molecule has 0 N–H and O–H groups in total. The third-order valence-electron chi connectivity index (χ3n) is 1.70. The second kappa shape index (κ2) is 6.73. The van der Waals surface area contributed by atoms with E-state index >= 15 is 0 Å². The number of hydrogen-bond donors (Lipinski definition) is 0. The van der Waals surface area contributed by atoms with E-state index in [1.165, 1.54) is 0 Å². The maximum absolute atomic E-state index is 10.4. The Labute approximate surface area is 121 Å². The van der Waals surface area contributed by atoms with Gasteiger partial charge in [-0.3, -0.25) is 0 Å². The molecule has 0 atom stereocenters. The summed E-state index contributed by atoms with van der Waals surface area (Å²) in [5.41, 5.74) is 1.32. The van der Waals surface area contributed by atoms with Crippen LogP contribution >= 0.6 is 0 Å². The largest absolute Gasteiger partial charge is 1.00 e. The first-order valence-electron chi connectivity index (χ1n) is 4.04. The van der Waals surface area contributed by atoms with Crippen molar-refractivity contribution in [3.05, 3.63) is 35.4 Å². The Kier molecular flexibility index (Phi) is 6.90. The van der Waals surface area contributed by atoms with Crippen LogP contribution in [0.25, 0.3) is 0 Å². The number of hydrogen-bond acceptors (Lipinski definition) is 2. The standard InChI is InChI=1S/C10H12O2.K/c1-2-4-8-5-3-6-9(7-8)10(11)12;/h3,5-7H,2,4H2,1H3,(H,11,12);/q;+1/p-1. The van der Waals surface area contributed by atoms with Crippen molar-refractivity contribution in [2.24, 2.45) is 0 Å². The van der Waals surface area contributed by atoms with Gasteiger partial charge < -0.3 is 9.90 Å². The summed E-state index contributed by atoms with van der Waals surface area (Å²) in [6.45, 7) is 2.06. The Morgan fingerprint density at radius 2 is 2.15 bits per heavy atom. The first kappa shape index (κ1) is 13.3. The maximum atomic E-state index is 10.4. The molecular weight excluding hydrogens is 191 g/mol. The van der Waals surface area contributed by atoms with Gasteiger partial charge in [0.1, 0.15) is 0 Å². The molecule has 1 aromatic rings. The summed E-state index contributed by atoms with van der Waals surface area (Å²) in [5, 5.41) is 10.4. The second-order valence-electron chi connectivity index (χ2n) is 2.74. The third-order valence-corrected chi connectivity index (χ3v) is 1.70. The van der Waals surface area contributed by atoms with Crippen molar-refractivity contribution >= 4 is 5.97 Å². The van der Waals surface area contributed by atoms with E-state index in [0.29, 0.717) is 0 Å². The van der Waals surface area contributed by atoms with E-state index in [-0.39, 0.29) is 56.9 Å². The number of aryl methyl sites for hydroxylation is 1. The van der Waals surface area contributed by atoms with Crippen molar-refractivity contribution < 1.29 is 61.3 Å². The second-order valence-corrected chi connectivity index (χ2v) is 2.74. The van der Waals surface area contributed by atoms with Crippen LogP contribution in [0, 0.1) is 0 Å². The summed E-state index contributed by atoms with van der Waals surface area (Å²) in [6.07, 6.45) is 1.94. The molecule has 0 aliphatic heterocycles. The third kappa shape index (κ3) is 4.38. The zero-order valence-corrected chi connectivity index (χ0v) is 11.2. The molecule has 2 nitrogen and oxygen atoms in total. The molecule has 0 aliphatic rings. The molecule has 13 heavy (non-hydrogen) atoms. The molecule has 0 unspecified atom stereocenters. The number of carboxylic acid groups (broad SMARTS) is 1. The minimum absolute atomic E-state index is 0. The number of carbonyl (C=O) groups excluding carboxylic acids is 1. The number of carboxylic acids is 1.